The Morgan fingerprint density at radius 1 is 1.18 bits per heavy atom. The van der Waals surface area contributed by atoms with Crippen molar-refractivity contribution in [2.75, 3.05) is 26.2 Å². The Labute approximate surface area is 68.2 Å². The Bertz CT molecular complexity index is 94.3. The molecule has 11 heavy (non-hydrogen) atoms. The van der Waals surface area contributed by atoms with E-state index in [4.69, 9.17) is 11.5 Å². The number of hydrogen-bond acceptors (Lipinski definition) is 4. The van der Waals surface area contributed by atoms with Gasteiger partial charge < -0.3 is 16.6 Å². The summed E-state index contributed by atoms with van der Waals surface area (Å²) in [5.41, 5.74) is 9.92. The van der Waals surface area contributed by atoms with Crippen molar-refractivity contribution in [3.8, 4) is 0 Å². The first-order valence-electron chi connectivity index (χ1n) is 3.90. The second-order valence-electron chi connectivity index (χ2n) is 3.06. The van der Waals surface area contributed by atoms with Crippen LogP contribution < -0.4 is 11.5 Å². The van der Waals surface area contributed by atoms with Gasteiger partial charge in [0.25, 0.3) is 0 Å². The Hall–Kier alpha value is -0.160. The van der Waals surface area contributed by atoms with Gasteiger partial charge in [-0.1, -0.05) is 0 Å². The van der Waals surface area contributed by atoms with Crippen LogP contribution in [-0.4, -0.2) is 41.9 Å². The van der Waals surface area contributed by atoms with Gasteiger partial charge in [-0.25, -0.2) is 0 Å². The SMILES string of the molecule is CC(C)(O)N(CCN)CCN. The molecule has 0 saturated heterocycles. The molecule has 4 heteroatoms. The van der Waals surface area contributed by atoms with Crippen LogP contribution in [0.5, 0.6) is 0 Å². The topological polar surface area (TPSA) is 75.5 Å². The lowest BCUT2D eigenvalue weighted by Gasteiger charge is -2.33. The van der Waals surface area contributed by atoms with E-state index in [-0.39, 0.29) is 0 Å². The van der Waals surface area contributed by atoms with E-state index in [1.54, 1.807) is 13.8 Å². The van der Waals surface area contributed by atoms with E-state index in [1.807, 2.05) is 4.90 Å². The summed E-state index contributed by atoms with van der Waals surface area (Å²) < 4.78 is 0. The fourth-order valence-electron chi connectivity index (χ4n) is 0.971. The van der Waals surface area contributed by atoms with Crippen LogP contribution >= 0.6 is 0 Å². The number of hydrogen-bond donors (Lipinski definition) is 3. The van der Waals surface area contributed by atoms with Crippen molar-refractivity contribution in [3.63, 3.8) is 0 Å². The molecule has 0 radical (unpaired) electrons. The number of rotatable bonds is 5. The Morgan fingerprint density at radius 2 is 1.55 bits per heavy atom. The molecule has 4 nitrogen and oxygen atoms in total. The average Bonchev–Trinajstić information content (AvgIpc) is 1.85. The first-order valence-corrected chi connectivity index (χ1v) is 3.90. The molecule has 0 heterocycles. The molecule has 0 bridgehead atoms. The smallest absolute Gasteiger partial charge is 0.112 e. The fourth-order valence-corrected chi connectivity index (χ4v) is 0.971. The highest BCUT2D eigenvalue weighted by atomic mass is 16.3. The largest absolute Gasteiger partial charge is 0.376 e. The van der Waals surface area contributed by atoms with Crippen LogP contribution in [0.3, 0.4) is 0 Å². The van der Waals surface area contributed by atoms with Gasteiger partial charge in [-0.2, -0.15) is 0 Å². The first-order chi connectivity index (χ1) is 5.02. The number of nitrogens with zero attached hydrogens (tertiary/aromatic N) is 1. The maximum atomic E-state index is 9.55. The normalized spacial score (nSPS) is 12.5. The van der Waals surface area contributed by atoms with Gasteiger partial charge in [-0.05, 0) is 13.8 Å². The van der Waals surface area contributed by atoms with E-state index < -0.39 is 5.72 Å². The van der Waals surface area contributed by atoms with Gasteiger partial charge in [0.2, 0.25) is 0 Å². The zero-order chi connectivity index (χ0) is 8.91. The average molecular weight is 161 g/mol. The lowest BCUT2D eigenvalue weighted by atomic mass is 10.2. The lowest BCUT2D eigenvalue weighted by molar-refractivity contribution is -0.0748. The third-order valence-corrected chi connectivity index (χ3v) is 1.57. The molecule has 0 unspecified atom stereocenters. The molecule has 0 saturated carbocycles. The third kappa shape index (κ3) is 4.31. The predicted octanol–water partition coefficient (Wildman–Crippen LogP) is -1.07. The standard InChI is InChI=1S/C7H19N3O/c1-7(2,11)10(5-3-8)6-4-9/h11H,3-6,8-9H2,1-2H3. The lowest BCUT2D eigenvalue weighted by Crippen LogP contribution is -2.48. The molecule has 0 aromatic carbocycles. The van der Waals surface area contributed by atoms with Gasteiger partial charge in [0.05, 0.1) is 0 Å². The molecular formula is C7H19N3O. The molecule has 0 aliphatic rings. The summed E-state index contributed by atoms with van der Waals surface area (Å²) in [7, 11) is 0. The molecule has 0 rings (SSSR count). The molecule has 0 atom stereocenters. The predicted molar refractivity (Wildman–Crippen MR) is 46.0 cm³/mol. The maximum absolute atomic E-state index is 9.55. The van der Waals surface area contributed by atoms with Crippen molar-refractivity contribution in [2.24, 2.45) is 11.5 Å². The van der Waals surface area contributed by atoms with Crippen LogP contribution in [0.25, 0.3) is 0 Å². The van der Waals surface area contributed by atoms with Crippen LogP contribution in [0.15, 0.2) is 0 Å². The van der Waals surface area contributed by atoms with Crippen LogP contribution in [0.2, 0.25) is 0 Å². The van der Waals surface area contributed by atoms with Crippen molar-refractivity contribution in [2.45, 2.75) is 19.6 Å². The van der Waals surface area contributed by atoms with Gasteiger partial charge in [0.1, 0.15) is 5.72 Å². The molecule has 0 spiro atoms. The molecular weight excluding hydrogens is 142 g/mol. The van der Waals surface area contributed by atoms with E-state index in [1.165, 1.54) is 0 Å². The molecule has 0 aliphatic carbocycles. The van der Waals surface area contributed by atoms with Gasteiger partial charge in [0, 0.05) is 26.2 Å². The Morgan fingerprint density at radius 3 is 1.73 bits per heavy atom. The van der Waals surface area contributed by atoms with Gasteiger partial charge in [0.15, 0.2) is 0 Å². The summed E-state index contributed by atoms with van der Waals surface area (Å²) >= 11 is 0. The van der Waals surface area contributed by atoms with Crippen molar-refractivity contribution in [1.29, 1.82) is 0 Å². The summed E-state index contributed by atoms with van der Waals surface area (Å²) in [6.45, 7) is 5.92. The highest BCUT2D eigenvalue weighted by Gasteiger charge is 2.21. The molecule has 0 fully saturated rings. The van der Waals surface area contributed by atoms with E-state index in [9.17, 15) is 5.11 Å². The summed E-state index contributed by atoms with van der Waals surface area (Å²) in [6.07, 6.45) is 0. The molecule has 0 aromatic rings. The van der Waals surface area contributed by atoms with Crippen LogP contribution in [0.1, 0.15) is 13.8 Å². The quantitative estimate of drug-likeness (QED) is 0.449. The second kappa shape index (κ2) is 4.66. The second-order valence-corrected chi connectivity index (χ2v) is 3.06. The van der Waals surface area contributed by atoms with Crippen LogP contribution in [-0.2, 0) is 0 Å². The first kappa shape index (κ1) is 10.8. The molecule has 68 valence electrons. The van der Waals surface area contributed by atoms with E-state index in [2.05, 4.69) is 0 Å². The van der Waals surface area contributed by atoms with Crippen molar-refractivity contribution >= 4 is 0 Å². The summed E-state index contributed by atoms with van der Waals surface area (Å²) in [6, 6.07) is 0. The zero-order valence-electron chi connectivity index (χ0n) is 7.38. The molecule has 5 N–H and O–H groups in total. The molecule has 0 aromatic heterocycles. The Kier molecular flexibility index (Phi) is 4.60. The minimum absolute atomic E-state index is 0.546. The van der Waals surface area contributed by atoms with E-state index in [0.717, 1.165) is 0 Å². The monoisotopic (exact) mass is 161 g/mol. The van der Waals surface area contributed by atoms with Crippen LogP contribution in [0, 0.1) is 0 Å². The van der Waals surface area contributed by atoms with Gasteiger partial charge in [-0.3, -0.25) is 4.90 Å². The van der Waals surface area contributed by atoms with Gasteiger partial charge in [-0.15, -0.1) is 0 Å². The number of nitrogens with two attached hydrogens (primary N) is 2. The summed E-state index contributed by atoms with van der Waals surface area (Å²) in [4.78, 5) is 1.85. The minimum atomic E-state index is -0.807. The molecule has 0 aliphatic heterocycles. The third-order valence-electron chi connectivity index (χ3n) is 1.57. The molecule has 0 amide bonds. The maximum Gasteiger partial charge on any atom is 0.112 e. The minimum Gasteiger partial charge on any atom is -0.376 e. The fraction of sp³-hybridized carbons (Fsp3) is 1.00. The van der Waals surface area contributed by atoms with Crippen LogP contribution in [0.4, 0.5) is 0 Å². The highest BCUT2D eigenvalue weighted by molar-refractivity contribution is 4.69. The van der Waals surface area contributed by atoms with Crippen molar-refractivity contribution in [1.82, 2.24) is 4.90 Å². The van der Waals surface area contributed by atoms with E-state index >= 15 is 0 Å². The Balaban J connectivity index is 3.88. The summed E-state index contributed by atoms with van der Waals surface area (Å²) in [5, 5.41) is 9.55. The zero-order valence-corrected chi connectivity index (χ0v) is 7.38. The summed E-state index contributed by atoms with van der Waals surface area (Å²) in [5.74, 6) is 0. The van der Waals surface area contributed by atoms with Crippen molar-refractivity contribution in [3.05, 3.63) is 0 Å². The van der Waals surface area contributed by atoms with E-state index in [0.29, 0.717) is 26.2 Å². The van der Waals surface area contributed by atoms with Gasteiger partial charge >= 0.3 is 0 Å². The van der Waals surface area contributed by atoms with Crippen molar-refractivity contribution < 1.29 is 5.11 Å². The highest BCUT2D eigenvalue weighted by Crippen LogP contribution is 2.07. The number of aliphatic hydroxyl groups is 1.